The summed E-state index contributed by atoms with van der Waals surface area (Å²) >= 11 is 0. The van der Waals surface area contributed by atoms with E-state index in [-0.39, 0.29) is 43.3 Å². The monoisotopic (exact) mass is 281 g/mol. The number of benzene rings is 1. The molecule has 0 spiro atoms. The Bertz CT molecular complexity index is 499. The molecule has 0 N–H and O–H groups in total. The van der Waals surface area contributed by atoms with E-state index in [1.54, 1.807) is 13.0 Å². The lowest BCUT2D eigenvalue weighted by Gasteiger charge is -2.05. The predicted octanol–water partition coefficient (Wildman–Crippen LogP) is 1.89. The average Bonchev–Trinajstić information content (AvgIpc) is 2.43. The van der Waals surface area contributed by atoms with Crippen LogP contribution in [0.5, 0.6) is 5.75 Å². The lowest BCUT2D eigenvalue weighted by Crippen LogP contribution is -2.14. The number of rotatable bonds is 8. The number of nitro groups is 1. The standard InChI is InChI=1S/C13H15NO6/c1-2-19-13(16)8-7-10(15)9-20-12-6-4-3-5-11(12)14(17)18/h3-6H,2,7-9H2,1H3. The number of para-hydroxylation sites is 2. The van der Waals surface area contributed by atoms with Crippen LogP contribution in [0.3, 0.4) is 0 Å². The van der Waals surface area contributed by atoms with Crippen molar-refractivity contribution in [3.63, 3.8) is 0 Å². The van der Waals surface area contributed by atoms with E-state index < -0.39 is 10.9 Å². The van der Waals surface area contributed by atoms with Gasteiger partial charge in [0.25, 0.3) is 0 Å². The van der Waals surface area contributed by atoms with E-state index in [0.29, 0.717) is 0 Å². The Morgan fingerprint density at radius 1 is 1.25 bits per heavy atom. The molecular formula is C13H15NO6. The minimum atomic E-state index is -0.585. The molecular weight excluding hydrogens is 266 g/mol. The molecule has 0 aliphatic rings. The Balaban J connectivity index is 2.45. The maximum Gasteiger partial charge on any atom is 0.310 e. The van der Waals surface area contributed by atoms with Crippen molar-refractivity contribution in [3.8, 4) is 5.75 Å². The first kappa shape index (κ1) is 15.6. The smallest absolute Gasteiger partial charge is 0.310 e. The molecule has 0 amide bonds. The molecule has 0 aliphatic heterocycles. The third-order valence-electron chi connectivity index (χ3n) is 2.36. The zero-order chi connectivity index (χ0) is 15.0. The van der Waals surface area contributed by atoms with Gasteiger partial charge in [-0.1, -0.05) is 12.1 Å². The van der Waals surface area contributed by atoms with E-state index in [0.717, 1.165) is 0 Å². The van der Waals surface area contributed by atoms with Gasteiger partial charge >= 0.3 is 11.7 Å². The fourth-order valence-corrected chi connectivity index (χ4v) is 1.44. The molecule has 20 heavy (non-hydrogen) atoms. The highest BCUT2D eigenvalue weighted by Crippen LogP contribution is 2.25. The lowest BCUT2D eigenvalue weighted by molar-refractivity contribution is -0.385. The maximum absolute atomic E-state index is 11.5. The van der Waals surface area contributed by atoms with E-state index in [4.69, 9.17) is 4.74 Å². The van der Waals surface area contributed by atoms with Crippen molar-refractivity contribution >= 4 is 17.4 Å². The third kappa shape index (κ3) is 5.05. The molecule has 0 fully saturated rings. The molecule has 0 atom stereocenters. The van der Waals surface area contributed by atoms with E-state index >= 15 is 0 Å². The SMILES string of the molecule is CCOC(=O)CCC(=O)COc1ccccc1[N+](=O)[O-]. The zero-order valence-corrected chi connectivity index (χ0v) is 11.0. The van der Waals surface area contributed by atoms with Gasteiger partial charge in [0.05, 0.1) is 18.0 Å². The summed E-state index contributed by atoms with van der Waals surface area (Å²) in [5.41, 5.74) is -0.203. The quantitative estimate of drug-likeness (QED) is 0.410. The number of esters is 1. The van der Waals surface area contributed by atoms with Crippen LogP contribution >= 0.6 is 0 Å². The fraction of sp³-hybridized carbons (Fsp3) is 0.385. The van der Waals surface area contributed by atoms with E-state index in [9.17, 15) is 19.7 Å². The van der Waals surface area contributed by atoms with Crippen LogP contribution in [0, 0.1) is 10.1 Å². The summed E-state index contributed by atoms with van der Waals surface area (Å²) in [4.78, 5) is 32.7. The number of Topliss-reactive ketones (excluding diaryl/α,β-unsaturated/α-hetero) is 1. The minimum Gasteiger partial charge on any atom is -0.479 e. The van der Waals surface area contributed by atoms with Gasteiger partial charge in [-0.15, -0.1) is 0 Å². The Kier molecular flexibility index (Phi) is 6.15. The second-order valence-electron chi connectivity index (χ2n) is 3.86. The molecule has 1 rings (SSSR count). The van der Waals surface area contributed by atoms with Crippen molar-refractivity contribution in [1.82, 2.24) is 0 Å². The summed E-state index contributed by atoms with van der Waals surface area (Å²) in [6, 6.07) is 5.79. The van der Waals surface area contributed by atoms with Gasteiger partial charge in [0, 0.05) is 12.5 Å². The molecule has 7 heteroatoms. The van der Waals surface area contributed by atoms with Crippen LogP contribution in [0.1, 0.15) is 19.8 Å². The summed E-state index contributed by atoms with van der Waals surface area (Å²) in [7, 11) is 0. The number of ketones is 1. The maximum atomic E-state index is 11.5. The molecule has 0 heterocycles. The number of ether oxygens (including phenoxy) is 2. The van der Waals surface area contributed by atoms with Crippen LogP contribution in [0.15, 0.2) is 24.3 Å². The molecule has 7 nitrogen and oxygen atoms in total. The molecule has 0 unspecified atom stereocenters. The van der Waals surface area contributed by atoms with Crippen molar-refractivity contribution in [2.24, 2.45) is 0 Å². The van der Waals surface area contributed by atoms with Crippen LogP contribution < -0.4 is 4.74 Å². The van der Waals surface area contributed by atoms with Crippen LogP contribution in [-0.2, 0) is 14.3 Å². The second-order valence-corrected chi connectivity index (χ2v) is 3.86. The predicted molar refractivity (Wildman–Crippen MR) is 69.5 cm³/mol. The summed E-state index contributed by atoms with van der Waals surface area (Å²) in [6.07, 6.45) is -0.0353. The highest BCUT2D eigenvalue weighted by Gasteiger charge is 2.15. The minimum absolute atomic E-state index is 0.0144. The van der Waals surface area contributed by atoms with Crippen LogP contribution in [0.25, 0.3) is 0 Å². The molecule has 0 radical (unpaired) electrons. The van der Waals surface area contributed by atoms with Crippen molar-refractivity contribution < 1.29 is 24.0 Å². The first-order valence-corrected chi connectivity index (χ1v) is 6.08. The molecule has 1 aromatic carbocycles. The highest BCUT2D eigenvalue weighted by molar-refractivity contribution is 5.84. The lowest BCUT2D eigenvalue weighted by atomic mass is 10.2. The number of nitrogens with zero attached hydrogens (tertiary/aromatic N) is 1. The number of nitro benzene ring substituents is 1. The van der Waals surface area contributed by atoms with Crippen LogP contribution in [0.4, 0.5) is 5.69 Å². The highest BCUT2D eigenvalue weighted by atomic mass is 16.6. The molecule has 0 aromatic heterocycles. The Hall–Kier alpha value is -2.44. The number of hydrogen-bond donors (Lipinski definition) is 0. The van der Waals surface area contributed by atoms with Crippen molar-refractivity contribution in [2.75, 3.05) is 13.2 Å². The van der Waals surface area contributed by atoms with Gasteiger partial charge in [-0.05, 0) is 13.0 Å². The van der Waals surface area contributed by atoms with E-state index in [1.807, 2.05) is 0 Å². The van der Waals surface area contributed by atoms with Crippen molar-refractivity contribution in [1.29, 1.82) is 0 Å². The van der Waals surface area contributed by atoms with E-state index in [1.165, 1.54) is 18.2 Å². The topological polar surface area (TPSA) is 95.7 Å². The van der Waals surface area contributed by atoms with Crippen LogP contribution in [0.2, 0.25) is 0 Å². The molecule has 0 saturated carbocycles. The van der Waals surface area contributed by atoms with Gasteiger partial charge < -0.3 is 9.47 Å². The van der Waals surface area contributed by atoms with Gasteiger partial charge in [0.1, 0.15) is 6.61 Å². The Morgan fingerprint density at radius 3 is 2.60 bits per heavy atom. The molecule has 0 bridgehead atoms. The second kappa shape index (κ2) is 7.88. The fourth-order valence-electron chi connectivity index (χ4n) is 1.44. The van der Waals surface area contributed by atoms with Gasteiger partial charge in [0.15, 0.2) is 11.5 Å². The summed E-state index contributed by atoms with van der Waals surface area (Å²) in [5.74, 6) is -0.746. The number of carbonyl (C=O) groups excluding carboxylic acids is 2. The average molecular weight is 281 g/mol. The number of hydrogen-bond acceptors (Lipinski definition) is 6. The van der Waals surface area contributed by atoms with E-state index in [2.05, 4.69) is 4.74 Å². The van der Waals surface area contributed by atoms with Gasteiger partial charge in [-0.25, -0.2) is 0 Å². The largest absolute Gasteiger partial charge is 0.479 e. The number of carbonyl (C=O) groups is 2. The summed E-state index contributed by atoms with van der Waals surface area (Å²) < 4.78 is 9.79. The molecule has 0 saturated heterocycles. The summed E-state index contributed by atoms with van der Waals surface area (Å²) in [5, 5.41) is 10.7. The summed E-state index contributed by atoms with van der Waals surface area (Å²) in [6.45, 7) is 1.63. The zero-order valence-electron chi connectivity index (χ0n) is 11.0. The Labute approximate surface area is 115 Å². The molecule has 108 valence electrons. The Morgan fingerprint density at radius 2 is 1.95 bits per heavy atom. The van der Waals surface area contributed by atoms with Gasteiger partial charge in [-0.3, -0.25) is 19.7 Å². The van der Waals surface area contributed by atoms with Crippen LogP contribution in [-0.4, -0.2) is 29.9 Å². The van der Waals surface area contributed by atoms with Gasteiger partial charge in [0.2, 0.25) is 0 Å². The molecule has 1 aromatic rings. The third-order valence-corrected chi connectivity index (χ3v) is 2.36. The first-order valence-electron chi connectivity index (χ1n) is 6.08. The van der Waals surface area contributed by atoms with Crippen molar-refractivity contribution in [2.45, 2.75) is 19.8 Å². The van der Waals surface area contributed by atoms with Gasteiger partial charge in [-0.2, -0.15) is 0 Å². The first-order chi connectivity index (χ1) is 9.54. The normalized spacial score (nSPS) is 9.85. The molecule has 0 aliphatic carbocycles. The van der Waals surface area contributed by atoms with Crippen molar-refractivity contribution in [3.05, 3.63) is 34.4 Å².